The van der Waals surface area contributed by atoms with Crippen LogP contribution in [0.5, 0.6) is 17.2 Å². The van der Waals surface area contributed by atoms with E-state index in [0.717, 1.165) is 16.9 Å². The largest absolute Gasteiger partial charge is 0.497 e. The van der Waals surface area contributed by atoms with Crippen molar-refractivity contribution in [3.8, 4) is 17.2 Å². The van der Waals surface area contributed by atoms with Crippen LogP contribution in [0, 0.1) is 0 Å². The zero-order chi connectivity index (χ0) is 24.8. The van der Waals surface area contributed by atoms with Crippen molar-refractivity contribution in [2.45, 2.75) is 6.54 Å². The number of aromatic nitrogens is 1. The number of rotatable bonds is 8. The van der Waals surface area contributed by atoms with Gasteiger partial charge in [0.25, 0.3) is 5.56 Å². The van der Waals surface area contributed by atoms with Crippen molar-refractivity contribution < 1.29 is 19.0 Å². The van der Waals surface area contributed by atoms with Crippen LogP contribution in [-0.2, 0) is 6.54 Å². The summed E-state index contributed by atoms with van der Waals surface area (Å²) in [5.74, 6) is 1.68. The Hall–Kier alpha value is -4.10. The first-order chi connectivity index (χ1) is 17.0. The van der Waals surface area contributed by atoms with E-state index in [0.29, 0.717) is 32.8 Å². The number of para-hydroxylation sites is 1. The van der Waals surface area contributed by atoms with Crippen LogP contribution in [0.1, 0.15) is 21.5 Å². The molecule has 0 radical (unpaired) electrons. The van der Waals surface area contributed by atoms with E-state index in [-0.39, 0.29) is 11.3 Å². The van der Waals surface area contributed by atoms with Crippen molar-refractivity contribution in [1.29, 1.82) is 0 Å². The third-order valence-corrected chi connectivity index (χ3v) is 6.51. The summed E-state index contributed by atoms with van der Waals surface area (Å²) in [5.41, 5.74) is 2.01. The predicted octanol–water partition coefficient (Wildman–Crippen LogP) is 3.48. The Kier molecular flexibility index (Phi) is 7.48. The number of carbonyl (C=O) groups excluding carboxylic acids is 1. The lowest BCUT2D eigenvalue weighted by Crippen LogP contribution is -2.32. The lowest BCUT2D eigenvalue weighted by Gasteiger charge is -2.06. The van der Waals surface area contributed by atoms with Gasteiger partial charge in [-0.1, -0.05) is 36.4 Å². The lowest BCUT2D eigenvalue weighted by molar-refractivity contribution is 0.105. The van der Waals surface area contributed by atoms with Gasteiger partial charge in [0, 0.05) is 6.08 Å². The quantitative estimate of drug-likeness (QED) is 0.356. The Balaban J connectivity index is 1.85. The van der Waals surface area contributed by atoms with Gasteiger partial charge in [-0.05, 0) is 53.6 Å². The number of benzene rings is 3. The molecule has 178 valence electrons. The molecule has 0 bridgehead atoms. The van der Waals surface area contributed by atoms with Gasteiger partial charge in [-0.2, -0.15) is 0 Å². The average molecular weight is 488 g/mol. The number of ketones is 1. The number of ether oxygens (including phenoxy) is 3. The number of thiazole rings is 1. The third-order valence-electron chi connectivity index (χ3n) is 5.45. The van der Waals surface area contributed by atoms with Gasteiger partial charge in [-0.15, -0.1) is 11.3 Å². The Morgan fingerprint density at radius 3 is 2.34 bits per heavy atom. The van der Waals surface area contributed by atoms with Crippen LogP contribution in [0.2, 0.25) is 0 Å². The van der Waals surface area contributed by atoms with E-state index in [4.69, 9.17) is 14.2 Å². The van der Waals surface area contributed by atoms with Crippen molar-refractivity contribution in [2.75, 3.05) is 21.3 Å². The topological polar surface area (TPSA) is 66.8 Å². The maximum atomic E-state index is 13.4. The molecule has 0 atom stereocenters. The molecule has 0 amide bonds. The summed E-state index contributed by atoms with van der Waals surface area (Å²) in [6.07, 6.45) is 3.31. The molecule has 0 fully saturated rings. The van der Waals surface area contributed by atoms with Crippen molar-refractivity contribution in [1.82, 2.24) is 4.57 Å². The molecule has 0 spiro atoms. The second kappa shape index (κ2) is 10.9. The minimum atomic E-state index is -0.237. The summed E-state index contributed by atoms with van der Waals surface area (Å²) < 4.78 is 18.6. The predicted molar refractivity (Wildman–Crippen MR) is 138 cm³/mol. The van der Waals surface area contributed by atoms with Crippen molar-refractivity contribution >= 4 is 29.3 Å². The molecule has 4 rings (SSSR count). The van der Waals surface area contributed by atoms with Gasteiger partial charge in [0.15, 0.2) is 5.78 Å². The zero-order valence-electron chi connectivity index (χ0n) is 19.7. The number of methoxy groups -OCH3 is 3. The normalized spacial score (nSPS) is 12.0. The molecule has 7 heteroatoms. The van der Waals surface area contributed by atoms with Crippen LogP contribution in [-0.4, -0.2) is 31.7 Å². The van der Waals surface area contributed by atoms with Crippen molar-refractivity contribution in [3.63, 3.8) is 0 Å². The lowest BCUT2D eigenvalue weighted by atomic mass is 10.1. The Morgan fingerprint density at radius 1 is 0.886 bits per heavy atom. The number of nitrogens with zero attached hydrogens (tertiary/aromatic N) is 1. The third kappa shape index (κ3) is 5.53. The summed E-state index contributed by atoms with van der Waals surface area (Å²) in [7, 11) is 4.73. The summed E-state index contributed by atoms with van der Waals surface area (Å²) >= 11 is 1.27. The molecule has 0 aliphatic carbocycles. The fourth-order valence-corrected chi connectivity index (χ4v) is 4.68. The highest BCUT2D eigenvalue weighted by atomic mass is 32.1. The highest BCUT2D eigenvalue weighted by Gasteiger charge is 2.12. The smallest absolute Gasteiger partial charge is 0.269 e. The summed E-state index contributed by atoms with van der Waals surface area (Å²) in [4.78, 5) is 26.6. The second-order valence-corrected chi connectivity index (χ2v) is 8.74. The molecule has 0 unspecified atom stereocenters. The van der Waals surface area contributed by atoms with Gasteiger partial charge in [0.2, 0.25) is 0 Å². The number of hydrogen-bond acceptors (Lipinski definition) is 6. The van der Waals surface area contributed by atoms with Crippen LogP contribution in [0.3, 0.4) is 0 Å². The molecule has 0 N–H and O–H groups in total. The first-order valence-corrected chi connectivity index (χ1v) is 11.7. The molecular formula is C28H25NO5S. The second-order valence-electron chi connectivity index (χ2n) is 7.67. The van der Waals surface area contributed by atoms with Crippen LogP contribution in [0.15, 0.2) is 77.6 Å². The Bertz CT molecular complexity index is 1520. The average Bonchev–Trinajstić information content (AvgIpc) is 3.17. The van der Waals surface area contributed by atoms with Gasteiger partial charge in [-0.25, -0.2) is 0 Å². The highest BCUT2D eigenvalue weighted by Crippen LogP contribution is 2.18. The Morgan fingerprint density at radius 2 is 1.63 bits per heavy atom. The van der Waals surface area contributed by atoms with Crippen molar-refractivity contribution in [3.05, 3.63) is 109 Å². The minimum Gasteiger partial charge on any atom is -0.497 e. The SMILES string of the molecule is COc1ccc(C=c2sc(=CC(=O)c3ccccc3OC)n(Cc3cccc(OC)c3)c2=O)cc1. The highest BCUT2D eigenvalue weighted by molar-refractivity contribution is 7.07. The van der Waals surface area contributed by atoms with Gasteiger partial charge < -0.3 is 14.2 Å². The summed E-state index contributed by atoms with van der Waals surface area (Å²) in [6.45, 7) is 0.300. The summed E-state index contributed by atoms with van der Waals surface area (Å²) in [5, 5.41) is 0. The van der Waals surface area contributed by atoms with Gasteiger partial charge in [-0.3, -0.25) is 14.2 Å². The van der Waals surface area contributed by atoms with E-state index in [9.17, 15) is 9.59 Å². The molecule has 6 nitrogen and oxygen atoms in total. The molecule has 35 heavy (non-hydrogen) atoms. The molecule has 1 aromatic heterocycles. The molecule has 0 aliphatic rings. The van der Waals surface area contributed by atoms with Crippen molar-refractivity contribution in [2.24, 2.45) is 0 Å². The summed E-state index contributed by atoms with van der Waals surface area (Å²) in [6, 6.07) is 22.0. The van der Waals surface area contributed by atoms with E-state index in [2.05, 4.69) is 0 Å². The van der Waals surface area contributed by atoms with Gasteiger partial charge in [0.1, 0.15) is 21.9 Å². The number of carbonyl (C=O) groups is 1. The number of hydrogen-bond donors (Lipinski definition) is 0. The fourth-order valence-electron chi connectivity index (χ4n) is 3.64. The first kappa shape index (κ1) is 24.0. The Labute approximate surface area is 207 Å². The molecular weight excluding hydrogens is 462 g/mol. The number of Topliss-reactive ketones (excluding diaryl/α,β-unsaturated/α-hetero) is 1. The van der Waals surface area contributed by atoms with Crippen LogP contribution >= 0.6 is 11.3 Å². The fraction of sp³-hybridized carbons (Fsp3) is 0.143. The van der Waals surface area contributed by atoms with E-state index < -0.39 is 0 Å². The minimum absolute atomic E-state index is 0.173. The molecule has 1 heterocycles. The van der Waals surface area contributed by atoms with E-state index >= 15 is 0 Å². The molecule has 0 saturated heterocycles. The zero-order valence-corrected chi connectivity index (χ0v) is 20.5. The standard InChI is InChI=1S/C28H25NO5S/c1-32-21-13-11-19(12-14-21)16-26-28(31)29(18-20-7-6-8-22(15-20)33-2)27(35-26)17-24(30)23-9-4-5-10-25(23)34-3/h4-17H,18H2,1-3H3. The maximum Gasteiger partial charge on any atom is 0.269 e. The molecule has 4 aromatic rings. The monoisotopic (exact) mass is 487 g/mol. The maximum absolute atomic E-state index is 13.4. The van der Waals surface area contributed by atoms with E-state index in [1.54, 1.807) is 43.1 Å². The van der Waals surface area contributed by atoms with E-state index in [1.807, 2.05) is 54.6 Å². The van der Waals surface area contributed by atoms with Gasteiger partial charge in [0.05, 0.1) is 38.0 Å². The van der Waals surface area contributed by atoms with Crippen LogP contribution in [0.4, 0.5) is 0 Å². The molecule has 3 aromatic carbocycles. The first-order valence-electron chi connectivity index (χ1n) is 10.9. The molecule has 0 aliphatic heterocycles. The molecule has 0 saturated carbocycles. The van der Waals surface area contributed by atoms with E-state index in [1.165, 1.54) is 24.5 Å². The van der Waals surface area contributed by atoms with Gasteiger partial charge >= 0.3 is 0 Å². The van der Waals surface area contributed by atoms with Crippen LogP contribution in [0.25, 0.3) is 12.2 Å². The van der Waals surface area contributed by atoms with Crippen LogP contribution < -0.4 is 29.0 Å².